The average molecular weight is 237 g/mol. The monoisotopic (exact) mass is 237 g/mol. The van der Waals surface area contributed by atoms with E-state index < -0.39 is 5.79 Å². The molecular weight excluding hydrogens is 218 g/mol. The smallest absolute Gasteiger partial charge is 0.163 e. The fraction of sp³-hybridized carbons (Fsp3) is 0.538. The Morgan fingerprint density at radius 1 is 1.35 bits per heavy atom. The van der Waals surface area contributed by atoms with Gasteiger partial charge in [-0.2, -0.15) is 0 Å². The quantitative estimate of drug-likeness (QED) is 0.813. The Morgan fingerprint density at radius 3 is 2.59 bits per heavy atom. The fourth-order valence-corrected chi connectivity index (χ4v) is 1.93. The lowest BCUT2D eigenvalue weighted by molar-refractivity contribution is -0.139. The van der Waals surface area contributed by atoms with Crippen molar-refractivity contribution < 1.29 is 14.3 Å². The van der Waals surface area contributed by atoms with E-state index in [-0.39, 0.29) is 6.10 Å². The number of ether oxygens (including phenoxy) is 2. The summed E-state index contributed by atoms with van der Waals surface area (Å²) in [5.74, 6) is 4.52. The van der Waals surface area contributed by atoms with E-state index in [1.54, 1.807) is 0 Å². The minimum absolute atomic E-state index is 0.0322. The van der Waals surface area contributed by atoms with Crippen LogP contribution in [0.15, 0.2) is 24.3 Å². The van der Waals surface area contributed by atoms with Gasteiger partial charge in [0.05, 0.1) is 13.2 Å². The van der Waals surface area contributed by atoms with E-state index in [2.05, 4.69) is 29.1 Å². The molecule has 1 atom stereocenters. The van der Waals surface area contributed by atoms with Crippen LogP contribution in [0.25, 0.3) is 0 Å². The first-order valence-electron chi connectivity index (χ1n) is 5.83. The van der Waals surface area contributed by atoms with Crippen molar-refractivity contribution >= 4 is 0 Å². The van der Waals surface area contributed by atoms with Crippen molar-refractivity contribution in [3.05, 3.63) is 35.4 Å². The summed E-state index contributed by atoms with van der Waals surface area (Å²) in [6, 6.07) is 8.29. The molecule has 0 spiro atoms. The van der Waals surface area contributed by atoms with Crippen LogP contribution in [0, 0.1) is 0 Å². The second kappa shape index (κ2) is 5.14. The van der Waals surface area contributed by atoms with Crippen LogP contribution in [-0.4, -0.2) is 19.0 Å². The Balaban J connectivity index is 1.98. The van der Waals surface area contributed by atoms with Crippen LogP contribution in [0.5, 0.6) is 0 Å². The third-order valence-corrected chi connectivity index (χ3v) is 2.87. The van der Waals surface area contributed by atoms with Crippen molar-refractivity contribution in [1.82, 2.24) is 0 Å². The van der Waals surface area contributed by atoms with Crippen LogP contribution in [-0.2, 0) is 20.7 Å². The number of nitrogens with two attached hydrogens (primary N) is 1. The number of rotatable bonds is 4. The summed E-state index contributed by atoms with van der Waals surface area (Å²) < 4.78 is 11.3. The third kappa shape index (κ3) is 3.26. The normalized spacial score (nSPS) is 22.9. The molecule has 1 unspecified atom stereocenters. The Hall–Kier alpha value is -0.940. The van der Waals surface area contributed by atoms with Gasteiger partial charge in [-0.3, -0.25) is 0 Å². The Kier molecular flexibility index (Phi) is 3.79. The lowest BCUT2D eigenvalue weighted by Crippen LogP contribution is -2.19. The number of hydrogen-bond donors (Lipinski definition) is 1. The van der Waals surface area contributed by atoms with Gasteiger partial charge in [-0.1, -0.05) is 24.3 Å². The van der Waals surface area contributed by atoms with Gasteiger partial charge < -0.3 is 14.3 Å². The molecule has 17 heavy (non-hydrogen) atoms. The van der Waals surface area contributed by atoms with E-state index in [1.807, 2.05) is 13.8 Å². The lowest BCUT2D eigenvalue weighted by Gasteiger charge is -2.17. The molecule has 1 saturated heterocycles. The average Bonchev–Trinajstić information content (AvgIpc) is 2.68. The summed E-state index contributed by atoms with van der Waals surface area (Å²) >= 11 is 0. The SMILES string of the molecule is CC1(C)OCC(c2ccc(CCON)cc2)O1. The van der Waals surface area contributed by atoms with E-state index in [1.165, 1.54) is 5.56 Å². The zero-order valence-corrected chi connectivity index (χ0v) is 10.3. The van der Waals surface area contributed by atoms with Gasteiger partial charge in [0.2, 0.25) is 0 Å². The molecule has 1 aliphatic heterocycles. The van der Waals surface area contributed by atoms with Crippen LogP contribution in [0.2, 0.25) is 0 Å². The van der Waals surface area contributed by atoms with Crippen LogP contribution in [0.3, 0.4) is 0 Å². The third-order valence-electron chi connectivity index (χ3n) is 2.87. The Morgan fingerprint density at radius 2 is 2.06 bits per heavy atom. The highest BCUT2D eigenvalue weighted by atomic mass is 16.7. The van der Waals surface area contributed by atoms with Crippen LogP contribution < -0.4 is 5.90 Å². The molecule has 1 aromatic carbocycles. The van der Waals surface area contributed by atoms with Crippen molar-refractivity contribution in [1.29, 1.82) is 0 Å². The molecule has 4 nitrogen and oxygen atoms in total. The van der Waals surface area contributed by atoms with Crippen molar-refractivity contribution in [3.63, 3.8) is 0 Å². The molecule has 1 heterocycles. The highest BCUT2D eigenvalue weighted by Gasteiger charge is 2.33. The predicted octanol–water partition coefficient (Wildman–Crippen LogP) is 1.94. The van der Waals surface area contributed by atoms with Gasteiger partial charge >= 0.3 is 0 Å². The lowest BCUT2D eigenvalue weighted by atomic mass is 10.1. The van der Waals surface area contributed by atoms with E-state index in [0.717, 1.165) is 12.0 Å². The van der Waals surface area contributed by atoms with E-state index >= 15 is 0 Å². The zero-order valence-electron chi connectivity index (χ0n) is 10.3. The van der Waals surface area contributed by atoms with Crippen molar-refractivity contribution in [2.24, 2.45) is 5.90 Å². The maximum atomic E-state index is 5.79. The van der Waals surface area contributed by atoms with Crippen LogP contribution in [0.1, 0.15) is 31.1 Å². The summed E-state index contributed by atoms with van der Waals surface area (Å²) in [4.78, 5) is 4.56. The molecule has 1 aromatic rings. The highest BCUT2D eigenvalue weighted by molar-refractivity contribution is 5.25. The summed E-state index contributed by atoms with van der Waals surface area (Å²) in [6.07, 6.45) is 0.856. The molecule has 0 amide bonds. The first kappa shape index (κ1) is 12.5. The molecule has 0 aliphatic carbocycles. The summed E-state index contributed by atoms with van der Waals surface area (Å²) in [7, 11) is 0. The van der Waals surface area contributed by atoms with E-state index in [9.17, 15) is 0 Å². The number of hydrogen-bond acceptors (Lipinski definition) is 4. The first-order chi connectivity index (χ1) is 8.11. The fourth-order valence-electron chi connectivity index (χ4n) is 1.93. The summed E-state index contributed by atoms with van der Waals surface area (Å²) in [6.45, 7) is 5.01. The topological polar surface area (TPSA) is 53.7 Å². The van der Waals surface area contributed by atoms with Crippen LogP contribution >= 0.6 is 0 Å². The molecule has 0 aromatic heterocycles. The molecule has 1 fully saturated rings. The van der Waals surface area contributed by atoms with Crippen molar-refractivity contribution in [2.75, 3.05) is 13.2 Å². The minimum atomic E-state index is -0.475. The molecule has 0 bridgehead atoms. The zero-order chi connectivity index (χ0) is 12.3. The Bertz CT molecular complexity index is 361. The van der Waals surface area contributed by atoms with Gasteiger partial charge in [-0.05, 0) is 31.4 Å². The molecule has 94 valence electrons. The minimum Gasteiger partial charge on any atom is -0.347 e. The van der Waals surface area contributed by atoms with Gasteiger partial charge in [-0.25, -0.2) is 5.90 Å². The van der Waals surface area contributed by atoms with Gasteiger partial charge in [0, 0.05) is 0 Å². The molecule has 4 heteroatoms. The Labute approximate surface area is 102 Å². The van der Waals surface area contributed by atoms with E-state index in [4.69, 9.17) is 15.4 Å². The molecule has 0 radical (unpaired) electrons. The van der Waals surface area contributed by atoms with Crippen molar-refractivity contribution in [2.45, 2.75) is 32.2 Å². The largest absolute Gasteiger partial charge is 0.347 e. The second-order valence-electron chi connectivity index (χ2n) is 4.68. The van der Waals surface area contributed by atoms with Gasteiger partial charge in [0.1, 0.15) is 6.10 Å². The van der Waals surface area contributed by atoms with Crippen molar-refractivity contribution in [3.8, 4) is 0 Å². The van der Waals surface area contributed by atoms with E-state index in [0.29, 0.717) is 13.2 Å². The van der Waals surface area contributed by atoms with Gasteiger partial charge in [0.15, 0.2) is 5.79 Å². The van der Waals surface area contributed by atoms with Gasteiger partial charge in [-0.15, -0.1) is 0 Å². The summed E-state index contributed by atoms with van der Waals surface area (Å²) in [5.41, 5.74) is 2.35. The number of benzene rings is 1. The highest BCUT2D eigenvalue weighted by Crippen LogP contribution is 2.32. The molecule has 2 rings (SSSR count). The van der Waals surface area contributed by atoms with Gasteiger partial charge in [0.25, 0.3) is 0 Å². The maximum Gasteiger partial charge on any atom is 0.163 e. The second-order valence-corrected chi connectivity index (χ2v) is 4.68. The summed E-state index contributed by atoms with van der Waals surface area (Å²) in [5, 5.41) is 0. The predicted molar refractivity (Wildman–Crippen MR) is 64.1 cm³/mol. The molecule has 1 aliphatic rings. The van der Waals surface area contributed by atoms with Crippen LogP contribution in [0.4, 0.5) is 0 Å². The molecule has 0 saturated carbocycles. The maximum absolute atomic E-state index is 5.79. The molecular formula is C13H19NO3. The molecule has 2 N–H and O–H groups in total. The first-order valence-corrected chi connectivity index (χ1v) is 5.83. The standard InChI is InChI=1S/C13H19NO3/c1-13(2)15-9-12(17-13)11-5-3-10(4-6-11)7-8-16-14/h3-6,12H,7-9,14H2,1-2H3.